The van der Waals surface area contributed by atoms with E-state index in [0.717, 1.165) is 4.48 Å². The first-order valence-corrected chi connectivity index (χ1v) is 4.37. The third kappa shape index (κ3) is 7.18. The van der Waals surface area contributed by atoms with Crippen LogP contribution in [0.2, 0.25) is 0 Å². The van der Waals surface area contributed by atoms with Gasteiger partial charge in [-0.25, -0.2) is 0 Å². The Balaban J connectivity index is 3.45. The molecular formula is C4H5Br3. The fraction of sp³-hybridized carbons (Fsp3) is 0.500. The van der Waals surface area contributed by atoms with Crippen LogP contribution in [0.25, 0.3) is 0 Å². The normalized spacial score (nSPS) is 13.0. The van der Waals surface area contributed by atoms with Crippen LogP contribution in [-0.4, -0.2) is 3.74 Å². The molecule has 0 amide bonds. The quantitative estimate of drug-likeness (QED) is 0.650. The topological polar surface area (TPSA) is 0 Å². The molecule has 0 saturated carbocycles. The zero-order valence-electron chi connectivity index (χ0n) is 3.79. The van der Waals surface area contributed by atoms with E-state index in [1.54, 1.807) is 0 Å². The van der Waals surface area contributed by atoms with Crippen LogP contribution in [0.5, 0.6) is 0 Å². The summed E-state index contributed by atoms with van der Waals surface area (Å²) in [6, 6.07) is 0. The monoisotopic (exact) mass is 290 g/mol. The van der Waals surface area contributed by atoms with Crippen LogP contribution in [0.15, 0.2) is 10.6 Å². The predicted molar refractivity (Wildman–Crippen MR) is 44.3 cm³/mol. The molecule has 7 heavy (non-hydrogen) atoms. The lowest BCUT2D eigenvalue weighted by molar-refractivity contribution is 1.60. The van der Waals surface area contributed by atoms with Crippen LogP contribution in [-0.2, 0) is 0 Å². The van der Waals surface area contributed by atoms with Gasteiger partial charge in [-0.2, -0.15) is 0 Å². The molecule has 0 bridgehead atoms. The van der Waals surface area contributed by atoms with Crippen LogP contribution in [0.3, 0.4) is 0 Å². The van der Waals surface area contributed by atoms with Crippen LogP contribution in [0.1, 0.15) is 6.92 Å². The summed E-state index contributed by atoms with van der Waals surface area (Å²) in [5, 5.41) is 0. The SMILES string of the molecule is CC(Br)=CC(Br)Br. The molecule has 0 atom stereocenters. The lowest BCUT2D eigenvalue weighted by Crippen LogP contribution is -1.72. The minimum Gasteiger partial charge on any atom is -0.0718 e. The molecule has 42 valence electrons. The van der Waals surface area contributed by atoms with Gasteiger partial charge in [-0.3, -0.25) is 0 Å². The Morgan fingerprint density at radius 3 is 2.00 bits per heavy atom. The maximum atomic E-state index is 3.29. The molecule has 0 fully saturated rings. The average Bonchev–Trinajstić information content (AvgIpc) is 1.27. The summed E-state index contributed by atoms with van der Waals surface area (Å²) >= 11 is 9.85. The number of allylic oxidation sites excluding steroid dienone is 2. The second-order valence-corrected chi connectivity index (χ2v) is 5.54. The molecule has 0 unspecified atom stereocenters. The van der Waals surface area contributed by atoms with Crippen molar-refractivity contribution in [2.24, 2.45) is 0 Å². The van der Waals surface area contributed by atoms with E-state index in [1.807, 2.05) is 13.0 Å². The summed E-state index contributed by atoms with van der Waals surface area (Å²) in [5.74, 6) is 0. The maximum Gasteiger partial charge on any atom is 0.0888 e. The second-order valence-electron chi connectivity index (χ2n) is 1.09. The number of halogens is 3. The molecule has 0 aliphatic carbocycles. The Morgan fingerprint density at radius 2 is 2.00 bits per heavy atom. The first-order valence-electron chi connectivity index (χ1n) is 1.75. The molecule has 0 rings (SSSR count). The van der Waals surface area contributed by atoms with Gasteiger partial charge >= 0.3 is 0 Å². The minimum atomic E-state index is 0.291. The molecule has 0 radical (unpaired) electrons. The summed E-state index contributed by atoms with van der Waals surface area (Å²) in [6.07, 6.45) is 2.00. The van der Waals surface area contributed by atoms with Gasteiger partial charge in [-0.05, 0) is 11.4 Å². The smallest absolute Gasteiger partial charge is 0.0718 e. The fourth-order valence-electron chi connectivity index (χ4n) is 0.174. The first-order chi connectivity index (χ1) is 3.13. The Morgan fingerprint density at radius 1 is 1.57 bits per heavy atom. The molecule has 0 heterocycles. The standard InChI is InChI=1S/C4H5Br3/c1-3(5)2-4(6)7/h2,4H,1H3. The first kappa shape index (κ1) is 8.18. The fourth-order valence-corrected chi connectivity index (χ4v) is 1.94. The van der Waals surface area contributed by atoms with Crippen molar-refractivity contribution in [1.29, 1.82) is 0 Å². The third-order valence-electron chi connectivity index (χ3n) is 0.356. The van der Waals surface area contributed by atoms with Gasteiger partial charge in [0.2, 0.25) is 0 Å². The van der Waals surface area contributed by atoms with Gasteiger partial charge in [-0.1, -0.05) is 53.9 Å². The van der Waals surface area contributed by atoms with Crippen molar-refractivity contribution < 1.29 is 0 Å². The van der Waals surface area contributed by atoms with Crippen molar-refractivity contribution >= 4 is 47.8 Å². The third-order valence-corrected chi connectivity index (χ3v) is 1.15. The number of hydrogen-bond donors (Lipinski definition) is 0. The van der Waals surface area contributed by atoms with Crippen molar-refractivity contribution in [3.05, 3.63) is 10.6 Å². The molecule has 0 N–H and O–H groups in total. The van der Waals surface area contributed by atoms with E-state index in [9.17, 15) is 0 Å². The van der Waals surface area contributed by atoms with Crippen LogP contribution >= 0.6 is 47.8 Å². The highest BCUT2D eigenvalue weighted by Gasteiger charge is 1.88. The summed E-state index contributed by atoms with van der Waals surface area (Å²) < 4.78 is 1.42. The average molecular weight is 293 g/mol. The van der Waals surface area contributed by atoms with Crippen LogP contribution in [0, 0.1) is 0 Å². The molecule has 0 saturated heterocycles. The van der Waals surface area contributed by atoms with Gasteiger partial charge in [0.25, 0.3) is 0 Å². The minimum absolute atomic E-state index is 0.291. The van der Waals surface area contributed by atoms with E-state index in [0.29, 0.717) is 3.74 Å². The van der Waals surface area contributed by atoms with Crippen LogP contribution in [0.4, 0.5) is 0 Å². The lowest BCUT2D eigenvalue weighted by atomic mass is 10.6. The molecule has 0 spiro atoms. The van der Waals surface area contributed by atoms with E-state index in [4.69, 9.17) is 0 Å². The summed E-state index contributed by atoms with van der Waals surface area (Å²) in [7, 11) is 0. The maximum absolute atomic E-state index is 3.29. The van der Waals surface area contributed by atoms with Crippen molar-refractivity contribution in [2.75, 3.05) is 0 Å². The lowest BCUT2D eigenvalue weighted by Gasteiger charge is -1.87. The summed E-state index contributed by atoms with van der Waals surface area (Å²) in [4.78, 5) is 0. The summed E-state index contributed by atoms with van der Waals surface area (Å²) in [5.41, 5.74) is 0. The van der Waals surface area contributed by atoms with Crippen molar-refractivity contribution in [3.63, 3.8) is 0 Å². The van der Waals surface area contributed by atoms with Gasteiger partial charge in [0.15, 0.2) is 0 Å². The molecule has 0 aliphatic rings. The largest absolute Gasteiger partial charge is 0.0888 e. The van der Waals surface area contributed by atoms with E-state index >= 15 is 0 Å². The van der Waals surface area contributed by atoms with Crippen LogP contribution < -0.4 is 0 Å². The highest BCUT2D eigenvalue weighted by atomic mass is 79.9. The van der Waals surface area contributed by atoms with Gasteiger partial charge in [0.1, 0.15) is 0 Å². The molecule has 0 nitrogen and oxygen atoms in total. The van der Waals surface area contributed by atoms with Crippen molar-refractivity contribution in [2.45, 2.75) is 10.7 Å². The zero-order chi connectivity index (χ0) is 5.86. The van der Waals surface area contributed by atoms with Gasteiger partial charge in [0.05, 0.1) is 3.74 Å². The Kier molecular flexibility index (Phi) is 4.79. The molecule has 0 aromatic rings. The highest BCUT2D eigenvalue weighted by Crippen LogP contribution is 2.14. The molecule has 0 aromatic heterocycles. The Hall–Kier alpha value is 1.18. The van der Waals surface area contributed by atoms with E-state index in [-0.39, 0.29) is 0 Å². The molecular weight excluding hydrogens is 288 g/mol. The highest BCUT2D eigenvalue weighted by molar-refractivity contribution is 9.24. The van der Waals surface area contributed by atoms with Crippen molar-refractivity contribution in [1.82, 2.24) is 0 Å². The molecule has 0 aromatic carbocycles. The molecule has 3 heteroatoms. The number of hydrogen-bond acceptors (Lipinski definition) is 0. The molecule has 0 aliphatic heterocycles. The Bertz CT molecular complexity index is 71.0. The number of rotatable bonds is 1. The van der Waals surface area contributed by atoms with Gasteiger partial charge in [0, 0.05) is 0 Å². The summed E-state index contributed by atoms with van der Waals surface area (Å²) in [6.45, 7) is 1.98. The van der Waals surface area contributed by atoms with E-state index < -0.39 is 0 Å². The van der Waals surface area contributed by atoms with Gasteiger partial charge in [-0.15, -0.1) is 0 Å². The van der Waals surface area contributed by atoms with E-state index in [2.05, 4.69) is 47.8 Å². The number of alkyl halides is 2. The second kappa shape index (κ2) is 4.10. The predicted octanol–water partition coefficient (Wildman–Crippen LogP) is 3.40. The van der Waals surface area contributed by atoms with E-state index in [1.165, 1.54) is 0 Å². The zero-order valence-corrected chi connectivity index (χ0v) is 8.55. The van der Waals surface area contributed by atoms with Crippen molar-refractivity contribution in [3.8, 4) is 0 Å². The van der Waals surface area contributed by atoms with Gasteiger partial charge < -0.3 is 0 Å². The Labute approximate surface area is 68.7 Å².